The maximum atomic E-state index is 11.1. The van der Waals surface area contributed by atoms with Crippen LogP contribution in [0.1, 0.15) is 11.1 Å². The second-order valence-electron chi connectivity index (χ2n) is 6.30. The van der Waals surface area contributed by atoms with E-state index >= 15 is 0 Å². The normalized spacial score (nSPS) is 11.8. The number of carboxylic acids is 1. The number of ether oxygens (including phenoxy) is 2. The number of nitrogens with two attached hydrogens (primary N) is 1. The van der Waals surface area contributed by atoms with Crippen LogP contribution in [0.5, 0.6) is 11.5 Å². The van der Waals surface area contributed by atoms with E-state index in [1.54, 1.807) is 11.0 Å². The lowest BCUT2D eigenvalue weighted by molar-refractivity contribution is -0.138. The maximum absolute atomic E-state index is 11.1. The molecule has 0 spiro atoms. The summed E-state index contributed by atoms with van der Waals surface area (Å²) in [4.78, 5) is 15.1. The number of carbonyl (C=O) groups is 1. The number of hydrogen-bond acceptors (Lipinski definition) is 6. The van der Waals surface area contributed by atoms with Crippen molar-refractivity contribution in [1.82, 2.24) is 14.8 Å². The molecule has 0 bridgehead atoms. The van der Waals surface area contributed by atoms with Crippen LogP contribution in [-0.4, -0.2) is 46.1 Å². The standard InChI is InChI=1S/C20H22N4O4/c1-27-18-7-15(8-19(28-2)16(18)9-17(21)20(25)26)14-5-3-13(4-6-14)10-24-12-22-11-23-24/h3-8,11-12,17H,9-10,21H2,1-2H3,(H,25,26)/t17-/m0/s1. The van der Waals surface area contributed by atoms with Crippen LogP contribution in [0.25, 0.3) is 11.1 Å². The summed E-state index contributed by atoms with van der Waals surface area (Å²) >= 11 is 0. The van der Waals surface area contributed by atoms with Crippen LogP contribution >= 0.6 is 0 Å². The van der Waals surface area contributed by atoms with Gasteiger partial charge in [0.15, 0.2) is 0 Å². The molecule has 0 radical (unpaired) electrons. The molecule has 0 saturated heterocycles. The summed E-state index contributed by atoms with van der Waals surface area (Å²) in [5, 5.41) is 13.2. The lowest BCUT2D eigenvalue weighted by Gasteiger charge is -2.17. The zero-order chi connectivity index (χ0) is 20.1. The van der Waals surface area contributed by atoms with E-state index in [0.717, 1.165) is 16.7 Å². The molecule has 0 fully saturated rings. The molecule has 0 aliphatic heterocycles. The fraction of sp³-hybridized carbons (Fsp3) is 0.250. The zero-order valence-electron chi connectivity index (χ0n) is 15.7. The minimum atomic E-state index is -1.07. The second kappa shape index (κ2) is 8.53. The molecule has 1 heterocycles. The van der Waals surface area contributed by atoms with Gasteiger partial charge in [0.25, 0.3) is 0 Å². The SMILES string of the molecule is COc1cc(-c2ccc(Cn3cncn3)cc2)cc(OC)c1C[C@H](N)C(=O)O. The molecule has 8 heteroatoms. The molecule has 2 aromatic carbocycles. The van der Waals surface area contributed by atoms with E-state index in [1.165, 1.54) is 20.5 Å². The summed E-state index contributed by atoms with van der Waals surface area (Å²) in [6.45, 7) is 0.638. The lowest BCUT2D eigenvalue weighted by Crippen LogP contribution is -2.32. The van der Waals surface area contributed by atoms with Gasteiger partial charge in [-0.25, -0.2) is 9.67 Å². The Balaban J connectivity index is 1.90. The summed E-state index contributed by atoms with van der Waals surface area (Å²) in [5.41, 5.74) is 9.30. The number of methoxy groups -OCH3 is 2. The Labute approximate surface area is 162 Å². The fourth-order valence-corrected chi connectivity index (χ4v) is 2.96. The average Bonchev–Trinajstić information content (AvgIpc) is 3.21. The molecule has 1 aromatic heterocycles. The van der Waals surface area contributed by atoms with E-state index in [0.29, 0.717) is 23.6 Å². The molecule has 0 aliphatic carbocycles. The highest BCUT2D eigenvalue weighted by atomic mass is 16.5. The van der Waals surface area contributed by atoms with Crippen molar-refractivity contribution in [2.24, 2.45) is 5.73 Å². The van der Waals surface area contributed by atoms with E-state index in [2.05, 4.69) is 10.1 Å². The largest absolute Gasteiger partial charge is 0.496 e. The van der Waals surface area contributed by atoms with Crippen molar-refractivity contribution in [1.29, 1.82) is 0 Å². The van der Waals surface area contributed by atoms with Gasteiger partial charge in [-0.2, -0.15) is 5.10 Å². The van der Waals surface area contributed by atoms with Crippen molar-refractivity contribution < 1.29 is 19.4 Å². The monoisotopic (exact) mass is 382 g/mol. The Morgan fingerprint density at radius 1 is 1.14 bits per heavy atom. The van der Waals surface area contributed by atoms with Crippen molar-refractivity contribution in [2.45, 2.75) is 19.0 Å². The number of aliphatic carboxylic acids is 1. The van der Waals surface area contributed by atoms with Gasteiger partial charge >= 0.3 is 5.97 Å². The molecule has 28 heavy (non-hydrogen) atoms. The molecule has 146 valence electrons. The van der Waals surface area contributed by atoms with Gasteiger partial charge in [-0.3, -0.25) is 4.79 Å². The van der Waals surface area contributed by atoms with Gasteiger partial charge in [0.2, 0.25) is 0 Å². The van der Waals surface area contributed by atoms with E-state index in [1.807, 2.05) is 36.4 Å². The van der Waals surface area contributed by atoms with E-state index < -0.39 is 12.0 Å². The van der Waals surface area contributed by atoms with Gasteiger partial charge in [0.1, 0.15) is 30.2 Å². The number of aromatic nitrogens is 3. The molecule has 3 aromatic rings. The zero-order valence-corrected chi connectivity index (χ0v) is 15.7. The first kappa shape index (κ1) is 19.4. The van der Waals surface area contributed by atoms with Crippen molar-refractivity contribution in [2.75, 3.05) is 14.2 Å². The third-order valence-corrected chi connectivity index (χ3v) is 4.45. The molecule has 3 rings (SSSR count). The van der Waals surface area contributed by atoms with Gasteiger partial charge in [0, 0.05) is 12.0 Å². The molecule has 3 N–H and O–H groups in total. The highest BCUT2D eigenvalue weighted by Gasteiger charge is 2.20. The molecule has 0 unspecified atom stereocenters. The third-order valence-electron chi connectivity index (χ3n) is 4.45. The van der Waals surface area contributed by atoms with Gasteiger partial charge in [-0.05, 0) is 28.8 Å². The third kappa shape index (κ3) is 4.29. The quantitative estimate of drug-likeness (QED) is 0.612. The Bertz CT molecular complexity index is 914. The number of rotatable bonds is 8. The van der Waals surface area contributed by atoms with Crippen LogP contribution in [0.15, 0.2) is 49.1 Å². The topological polar surface area (TPSA) is 112 Å². The van der Waals surface area contributed by atoms with Crippen molar-refractivity contribution in [3.63, 3.8) is 0 Å². The first-order valence-electron chi connectivity index (χ1n) is 8.66. The smallest absolute Gasteiger partial charge is 0.320 e. The molecular weight excluding hydrogens is 360 g/mol. The van der Waals surface area contributed by atoms with Gasteiger partial charge in [-0.15, -0.1) is 0 Å². The summed E-state index contributed by atoms with van der Waals surface area (Å²) in [5.74, 6) is 0.00615. The van der Waals surface area contributed by atoms with Crippen LogP contribution in [0, 0.1) is 0 Å². The Morgan fingerprint density at radius 2 is 1.79 bits per heavy atom. The average molecular weight is 382 g/mol. The second-order valence-corrected chi connectivity index (χ2v) is 6.30. The first-order valence-corrected chi connectivity index (χ1v) is 8.66. The van der Waals surface area contributed by atoms with Crippen LogP contribution < -0.4 is 15.2 Å². The molecule has 0 amide bonds. The van der Waals surface area contributed by atoms with E-state index in [9.17, 15) is 4.79 Å². The van der Waals surface area contributed by atoms with Crippen LogP contribution in [0.4, 0.5) is 0 Å². The summed E-state index contributed by atoms with van der Waals surface area (Å²) in [6.07, 6.45) is 3.29. The minimum absolute atomic E-state index is 0.110. The Kier molecular flexibility index (Phi) is 5.90. The molecule has 8 nitrogen and oxygen atoms in total. The Hall–Kier alpha value is -3.39. The summed E-state index contributed by atoms with van der Waals surface area (Å²) < 4.78 is 12.7. The molecule has 0 aliphatic rings. The van der Waals surface area contributed by atoms with Crippen molar-refractivity contribution >= 4 is 5.97 Å². The lowest BCUT2D eigenvalue weighted by atomic mass is 9.97. The minimum Gasteiger partial charge on any atom is -0.496 e. The molecular formula is C20H22N4O4. The Morgan fingerprint density at radius 3 is 2.29 bits per heavy atom. The van der Waals surface area contributed by atoms with Crippen molar-refractivity contribution in [3.8, 4) is 22.6 Å². The number of hydrogen-bond donors (Lipinski definition) is 2. The van der Waals surface area contributed by atoms with Gasteiger partial charge < -0.3 is 20.3 Å². The van der Waals surface area contributed by atoms with Gasteiger partial charge in [-0.1, -0.05) is 24.3 Å². The van der Waals surface area contributed by atoms with Crippen LogP contribution in [-0.2, 0) is 17.8 Å². The number of carboxylic acid groups (broad SMARTS) is 1. The summed E-state index contributed by atoms with van der Waals surface area (Å²) in [7, 11) is 3.07. The van der Waals surface area contributed by atoms with Crippen LogP contribution in [0.3, 0.4) is 0 Å². The predicted octanol–water partition coefficient (Wildman–Crippen LogP) is 1.96. The fourth-order valence-electron chi connectivity index (χ4n) is 2.96. The molecule has 0 saturated carbocycles. The number of nitrogens with zero attached hydrogens (tertiary/aromatic N) is 3. The van der Waals surface area contributed by atoms with E-state index in [-0.39, 0.29) is 6.42 Å². The maximum Gasteiger partial charge on any atom is 0.320 e. The first-order chi connectivity index (χ1) is 13.5. The highest BCUT2D eigenvalue weighted by Crippen LogP contribution is 2.36. The van der Waals surface area contributed by atoms with Gasteiger partial charge in [0.05, 0.1) is 20.8 Å². The summed E-state index contributed by atoms with van der Waals surface area (Å²) in [6, 6.07) is 10.7. The highest BCUT2D eigenvalue weighted by molar-refractivity contribution is 5.75. The molecule has 1 atom stereocenters. The number of benzene rings is 2. The van der Waals surface area contributed by atoms with Crippen molar-refractivity contribution in [3.05, 3.63) is 60.2 Å². The van der Waals surface area contributed by atoms with Crippen LogP contribution in [0.2, 0.25) is 0 Å². The predicted molar refractivity (Wildman–Crippen MR) is 103 cm³/mol. The van der Waals surface area contributed by atoms with E-state index in [4.69, 9.17) is 20.3 Å².